The average Bonchev–Trinajstić information content (AvgIpc) is 3.53. The molecule has 4 heterocycles. The van der Waals surface area contributed by atoms with Gasteiger partial charge in [-0.2, -0.15) is 0 Å². The van der Waals surface area contributed by atoms with Gasteiger partial charge >= 0.3 is 0 Å². The van der Waals surface area contributed by atoms with Crippen molar-refractivity contribution in [2.24, 2.45) is 11.8 Å². The summed E-state index contributed by atoms with van der Waals surface area (Å²) in [6, 6.07) is 1.07. The molecule has 0 N–H and O–H groups in total. The number of fused-ring (bicyclic) bond motifs is 1. The lowest BCUT2D eigenvalue weighted by molar-refractivity contribution is -0.133. The van der Waals surface area contributed by atoms with E-state index in [-0.39, 0.29) is 12.0 Å². The van der Waals surface area contributed by atoms with Crippen molar-refractivity contribution in [3.05, 3.63) is 0 Å². The number of hydrogen-bond acceptors (Lipinski definition) is 4. The summed E-state index contributed by atoms with van der Waals surface area (Å²) in [6.07, 6.45) is 10.9. The third kappa shape index (κ3) is 3.95. The van der Waals surface area contributed by atoms with Crippen LogP contribution in [0.5, 0.6) is 0 Å². The fourth-order valence-corrected chi connectivity index (χ4v) is 6.79. The van der Waals surface area contributed by atoms with Gasteiger partial charge in [0.05, 0.1) is 19.1 Å². The van der Waals surface area contributed by atoms with Crippen LogP contribution in [0.25, 0.3) is 0 Å². The molecule has 6 heteroatoms. The standard InChI is InChI=1S/C23H37N3O3/c27-21(24-9-3-4-10-24)13-17-15-26(18-7-1-2-8-18)19-16-29-20(23(17)19)14-22(28)25-11-5-6-12-25/h17-20,23H,1-16H2/t17-,19-,20+,23-/m1/s1. The van der Waals surface area contributed by atoms with E-state index in [1.54, 1.807) is 0 Å². The highest BCUT2D eigenvalue weighted by atomic mass is 16.5. The molecule has 2 amide bonds. The monoisotopic (exact) mass is 403 g/mol. The zero-order valence-electron chi connectivity index (χ0n) is 17.8. The summed E-state index contributed by atoms with van der Waals surface area (Å²) in [4.78, 5) is 32.5. The van der Waals surface area contributed by atoms with Crippen molar-refractivity contribution < 1.29 is 14.3 Å². The normalized spacial score (nSPS) is 35.7. The Morgan fingerprint density at radius 3 is 2.00 bits per heavy atom. The molecule has 0 aromatic heterocycles. The van der Waals surface area contributed by atoms with Gasteiger partial charge < -0.3 is 14.5 Å². The lowest BCUT2D eigenvalue weighted by Crippen LogP contribution is -2.40. The van der Waals surface area contributed by atoms with Crippen LogP contribution in [-0.2, 0) is 14.3 Å². The Morgan fingerprint density at radius 2 is 1.38 bits per heavy atom. The molecule has 29 heavy (non-hydrogen) atoms. The van der Waals surface area contributed by atoms with Gasteiger partial charge in [-0.05, 0) is 44.4 Å². The quantitative estimate of drug-likeness (QED) is 0.707. The lowest BCUT2D eigenvalue weighted by Gasteiger charge is -2.29. The summed E-state index contributed by atoms with van der Waals surface area (Å²) in [7, 11) is 0. The zero-order chi connectivity index (χ0) is 19.8. The molecule has 162 valence electrons. The smallest absolute Gasteiger partial charge is 0.225 e. The predicted octanol–water partition coefficient (Wildman–Crippen LogP) is 2.27. The van der Waals surface area contributed by atoms with E-state index in [2.05, 4.69) is 9.80 Å². The number of ether oxygens (including phenoxy) is 1. The molecule has 4 atom stereocenters. The van der Waals surface area contributed by atoms with Crippen molar-refractivity contribution in [1.82, 2.24) is 14.7 Å². The topological polar surface area (TPSA) is 53.1 Å². The molecular weight excluding hydrogens is 366 g/mol. The number of amides is 2. The molecule has 4 saturated heterocycles. The second-order valence-corrected chi connectivity index (χ2v) is 10.00. The molecule has 0 spiro atoms. The molecule has 1 saturated carbocycles. The molecule has 5 rings (SSSR count). The first-order valence-corrected chi connectivity index (χ1v) is 12.1. The number of likely N-dealkylation sites (tertiary alicyclic amines) is 3. The van der Waals surface area contributed by atoms with Crippen molar-refractivity contribution in [1.29, 1.82) is 0 Å². The summed E-state index contributed by atoms with van der Waals surface area (Å²) in [5, 5.41) is 0. The van der Waals surface area contributed by atoms with Gasteiger partial charge in [0, 0.05) is 57.1 Å². The molecule has 0 aromatic carbocycles. The first kappa shape index (κ1) is 19.8. The number of carbonyl (C=O) groups excluding carboxylic acids is 2. The fraction of sp³-hybridized carbons (Fsp3) is 0.913. The van der Waals surface area contributed by atoms with Crippen LogP contribution >= 0.6 is 0 Å². The van der Waals surface area contributed by atoms with E-state index in [1.807, 2.05) is 4.90 Å². The minimum absolute atomic E-state index is 0.00381. The van der Waals surface area contributed by atoms with E-state index >= 15 is 0 Å². The van der Waals surface area contributed by atoms with E-state index in [4.69, 9.17) is 4.74 Å². The SMILES string of the molecule is O=C(C[C@@H]1CN(C2CCCC2)[C@@H]2CO[C@@H](CC(=O)N3CCCC3)[C@H]12)N1CCCC1. The Bertz CT molecular complexity index is 608. The summed E-state index contributed by atoms with van der Waals surface area (Å²) in [6.45, 7) is 5.44. The van der Waals surface area contributed by atoms with Gasteiger partial charge in [-0.3, -0.25) is 14.5 Å². The van der Waals surface area contributed by atoms with Gasteiger partial charge in [-0.25, -0.2) is 0 Å². The Balaban J connectivity index is 1.29. The van der Waals surface area contributed by atoms with Crippen LogP contribution < -0.4 is 0 Å². The van der Waals surface area contributed by atoms with Crippen molar-refractivity contribution in [2.45, 2.75) is 82.4 Å². The summed E-state index contributed by atoms with van der Waals surface area (Å²) in [5.41, 5.74) is 0. The molecule has 5 aliphatic rings. The van der Waals surface area contributed by atoms with Crippen LogP contribution in [0.2, 0.25) is 0 Å². The van der Waals surface area contributed by atoms with Crippen molar-refractivity contribution in [3.63, 3.8) is 0 Å². The van der Waals surface area contributed by atoms with E-state index in [0.717, 1.165) is 65.0 Å². The molecule has 1 aliphatic carbocycles. The Kier molecular flexibility index (Phi) is 5.83. The first-order chi connectivity index (χ1) is 14.2. The second-order valence-electron chi connectivity index (χ2n) is 10.00. The molecule has 0 aromatic rings. The maximum absolute atomic E-state index is 12.9. The van der Waals surface area contributed by atoms with Gasteiger partial charge in [0.25, 0.3) is 0 Å². The van der Waals surface area contributed by atoms with Crippen LogP contribution in [0.15, 0.2) is 0 Å². The summed E-state index contributed by atoms with van der Waals surface area (Å²) in [5.74, 6) is 1.27. The molecule has 5 fully saturated rings. The van der Waals surface area contributed by atoms with Crippen LogP contribution in [-0.4, -0.2) is 84.0 Å². The van der Waals surface area contributed by atoms with Crippen LogP contribution in [0.4, 0.5) is 0 Å². The van der Waals surface area contributed by atoms with Gasteiger partial charge in [0.2, 0.25) is 11.8 Å². The van der Waals surface area contributed by atoms with Gasteiger partial charge in [-0.1, -0.05) is 12.8 Å². The Hall–Kier alpha value is -1.14. The fourth-order valence-electron chi connectivity index (χ4n) is 6.79. The molecular formula is C23H37N3O3. The van der Waals surface area contributed by atoms with Crippen LogP contribution in [0.1, 0.15) is 64.2 Å². The highest BCUT2D eigenvalue weighted by molar-refractivity contribution is 5.78. The van der Waals surface area contributed by atoms with Gasteiger partial charge in [0.1, 0.15) is 0 Å². The number of carbonyl (C=O) groups is 2. The Morgan fingerprint density at radius 1 is 0.793 bits per heavy atom. The number of hydrogen-bond donors (Lipinski definition) is 0. The Labute approximate surface area is 174 Å². The number of rotatable bonds is 5. The maximum atomic E-state index is 12.9. The summed E-state index contributed by atoms with van der Waals surface area (Å²) < 4.78 is 6.26. The summed E-state index contributed by atoms with van der Waals surface area (Å²) >= 11 is 0. The van der Waals surface area contributed by atoms with E-state index in [9.17, 15) is 9.59 Å². The minimum atomic E-state index is -0.00381. The first-order valence-electron chi connectivity index (χ1n) is 12.1. The van der Waals surface area contributed by atoms with Gasteiger partial charge in [-0.15, -0.1) is 0 Å². The highest BCUT2D eigenvalue weighted by Crippen LogP contribution is 2.45. The number of nitrogens with zero attached hydrogens (tertiary/aromatic N) is 3. The van der Waals surface area contributed by atoms with Crippen LogP contribution in [0, 0.1) is 11.8 Å². The molecule has 0 unspecified atom stereocenters. The van der Waals surface area contributed by atoms with Crippen molar-refractivity contribution >= 4 is 11.8 Å². The maximum Gasteiger partial charge on any atom is 0.225 e. The predicted molar refractivity (Wildman–Crippen MR) is 110 cm³/mol. The molecule has 4 aliphatic heterocycles. The molecule has 0 bridgehead atoms. The van der Waals surface area contributed by atoms with Crippen molar-refractivity contribution in [2.75, 3.05) is 39.3 Å². The van der Waals surface area contributed by atoms with E-state index in [0.29, 0.717) is 42.7 Å². The third-order valence-electron chi connectivity index (χ3n) is 8.29. The molecule has 0 radical (unpaired) electrons. The highest BCUT2D eigenvalue weighted by Gasteiger charge is 2.53. The molecule has 6 nitrogen and oxygen atoms in total. The lowest BCUT2D eigenvalue weighted by atomic mass is 9.84. The van der Waals surface area contributed by atoms with E-state index < -0.39 is 0 Å². The van der Waals surface area contributed by atoms with Crippen molar-refractivity contribution in [3.8, 4) is 0 Å². The van der Waals surface area contributed by atoms with E-state index in [1.165, 1.54) is 25.7 Å². The average molecular weight is 404 g/mol. The second kappa shape index (κ2) is 8.54. The van der Waals surface area contributed by atoms with Crippen LogP contribution in [0.3, 0.4) is 0 Å². The zero-order valence-corrected chi connectivity index (χ0v) is 17.8. The minimum Gasteiger partial charge on any atom is -0.376 e. The largest absolute Gasteiger partial charge is 0.376 e. The van der Waals surface area contributed by atoms with Gasteiger partial charge in [0.15, 0.2) is 0 Å². The third-order valence-corrected chi connectivity index (χ3v) is 8.29.